The second-order valence-electron chi connectivity index (χ2n) is 9.17. The molecule has 180 valence electrons. The van der Waals surface area contributed by atoms with E-state index in [2.05, 4.69) is 5.32 Å². The van der Waals surface area contributed by atoms with Crippen molar-refractivity contribution in [3.63, 3.8) is 0 Å². The fraction of sp³-hybridized carbons (Fsp3) is 0.407. The van der Waals surface area contributed by atoms with Crippen molar-refractivity contribution < 1.29 is 23.5 Å². The summed E-state index contributed by atoms with van der Waals surface area (Å²) in [5.74, 6) is -0.309. The van der Waals surface area contributed by atoms with Gasteiger partial charge in [0, 0.05) is 30.4 Å². The first-order chi connectivity index (χ1) is 16.3. The molecule has 1 heterocycles. The molecule has 3 aromatic rings. The third kappa shape index (κ3) is 5.08. The quantitative estimate of drug-likeness (QED) is 0.415. The van der Waals surface area contributed by atoms with Crippen LogP contribution in [0.25, 0.3) is 11.0 Å². The summed E-state index contributed by atoms with van der Waals surface area (Å²) in [5.41, 5.74) is 2.72. The maximum Gasteiger partial charge on any atom is 0.305 e. The summed E-state index contributed by atoms with van der Waals surface area (Å²) in [5, 5.41) is 13.0. The lowest BCUT2D eigenvalue weighted by atomic mass is 9.82. The highest BCUT2D eigenvalue weighted by atomic mass is 19.1. The van der Waals surface area contributed by atoms with Crippen LogP contribution in [0, 0.1) is 18.7 Å². The minimum absolute atomic E-state index is 0.0948. The lowest BCUT2D eigenvalue weighted by Crippen LogP contribution is -2.29. The zero-order valence-corrected chi connectivity index (χ0v) is 19.6. The van der Waals surface area contributed by atoms with Crippen LogP contribution in [0.3, 0.4) is 0 Å². The Morgan fingerprint density at radius 1 is 1.15 bits per heavy atom. The Morgan fingerprint density at radius 2 is 1.85 bits per heavy atom. The number of carboxylic acid groups (broad SMARTS) is 1. The van der Waals surface area contributed by atoms with Crippen LogP contribution in [-0.4, -0.2) is 35.5 Å². The fourth-order valence-electron chi connectivity index (χ4n) is 4.91. The Morgan fingerprint density at radius 3 is 2.50 bits per heavy atom. The van der Waals surface area contributed by atoms with E-state index in [-0.39, 0.29) is 30.7 Å². The van der Waals surface area contributed by atoms with E-state index in [0.29, 0.717) is 22.5 Å². The molecule has 0 spiro atoms. The smallest absolute Gasteiger partial charge is 0.305 e. The molecule has 1 amide bonds. The summed E-state index contributed by atoms with van der Waals surface area (Å²) in [7, 11) is 1.60. The van der Waals surface area contributed by atoms with Crippen LogP contribution in [0.15, 0.2) is 46.9 Å². The van der Waals surface area contributed by atoms with Gasteiger partial charge in [-0.25, -0.2) is 4.39 Å². The molecule has 1 aliphatic carbocycles. The number of furan rings is 1. The Hall–Kier alpha value is -3.35. The van der Waals surface area contributed by atoms with Crippen LogP contribution in [0.1, 0.15) is 66.2 Å². The van der Waals surface area contributed by atoms with Gasteiger partial charge in [0.05, 0.1) is 17.8 Å². The first-order valence-electron chi connectivity index (χ1n) is 11.9. The van der Waals surface area contributed by atoms with Crippen LogP contribution in [0.5, 0.6) is 0 Å². The molecule has 1 unspecified atom stereocenters. The Labute approximate surface area is 198 Å². The predicted octanol–water partition coefficient (Wildman–Crippen LogP) is 6.16. The van der Waals surface area contributed by atoms with Gasteiger partial charge in [0.1, 0.15) is 17.2 Å². The van der Waals surface area contributed by atoms with Crippen LogP contribution in [0.4, 0.5) is 10.1 Å². The van der Waals surface area contributed by atoms with Crippen LogP contribution >= 0.6 is 0 Å². The molecule has 1 atom stereocenters. The van der Waals surface area contributed by atoms with Gasteiger partial charge < -0.3 is 19.7 Å². The molecule has 6 nitrogen and oxygen atoms in total. The van der Waals surface area contributed by atoms with E-state index in [1.165, 1.54) is 17.4 Å². The Bertz CT molecular complexity index is 1170. The highest BCUT2D eigenvalue weighted by Gasteiger charge is 2.30. The van der Waals surface area contributed by atoms with Crippen molar-refractivity contribution in [3.8, 4) is 0 Å². The number of nitrogens with one attached hydrogen (secondary N) is 1. The second-order valence-corrected chi connectivity index (χ2v) is 9.17. The normalized spacial score (nSPS) is 15.3. The molecular formula is C27H31FN2O4. The standard InChI is InChI=1S/C27H31FN2O4/c1-17-24-21(28)9-6-10-22(24)34-26(17)25(18-7-4-3-5-8-18)29-20-13-11-19(12-14-20)27(33)30(2)16-15-23(31)32/h6,9-14,18,25,29H,3-5,7-8,15-16H2,1-2H3,(H,31,32). The van der Waals surface area contributed by atoms with E-state index in [1.54, 1.807) is 31.3 Å². The lowest BCUT2D eigenvalue weighted by Gasteiger charge is -2.31. The van der Waals surface area contributed by atoms with Gasteiger partial charge in [0.15, 0.2) is 0 Å². The predicted molar refractivity (Wildman–Crippen MR) is 130 cm³/mol. The number of hydrogen-bond acceptors (Lipinski definition) is 4. The topological polar surface area (TPSA) is 82.8 Å². The number of rotatable bonds is 8. The highest BCUT2D eigenvalue weighted by Crippen LogP contribution is 2.41. The molecule has 0 radical (unpaired) electrons. The number of amides is 1. The van der Waals surface area contributed by atoms with Crippen molar-refractivity contribution in [1.82, 2.24) is 4.90 Å². The number of aliphatic carboxylic acids is 1. The SMILES string of the molecule is Cc1c(C(Nc2ccc(C(=O)N(C)CCC(=O)O)cc2)C2CCCCC2)oc2cccc(F)c12. The van der Waals surface area contributed by atoms with E-state index in [0.717, 1.165) is 42.7 Å². The minimum Gasteiger partial charge on any atom is -0.481 e. The lowest BCUT2D eigenvalue weighted by molar-refractivity contribution is -0.137. The molecular weight excluding hydrogens is 435 g/mol. The van der Waals surface area contributed by atoms with E-state index >= 15 is 0 Å². The largest absolute Gasteiger partial charge is 0.481 e. The third-order valence-corrected chi connectivity index (χ3v) is 6.81. The number of fused-ring (bicyclic) bond motifs is 1. The van der Waals surface area contributed by atoms with Crippen molar-refractivity contribution in [2.24, 2.45) is 5.92 Å². The number of nitrogens with zero attached hydrogens (tertiary/aromatic N) is 1. The average molecular weight is 467 g/mol. The number of aryl methyl sites for hydroxylation is 1. The van der Waals surface area contributed by atoms with Gasteiger partial charge in [0.25, 0.3) is 5.91 Å². The van der Waals surface area contributed by atoms with E-state index in [9.17, 15) is 14.0 Å². The van der Waals surface area contributed by atoms with Gasteiger partial charge in [-0.05, 0) is 62.1 Å². The molecule has 7 heteroatoms. The monoisotopic (exact) mass is 466 g/mol. The Balaban J connectivity index is 1.58. The van der Waals surface area contributed by atoms with E-state index in [1.807, 2.05) is 19.1 Å². The minimum atomic E-state index is -0.936. The molecule has 1 fully saturated rings. The van der Waals surface area contributed by atoms with Crippen molar-refractivity contribution in [3.05, 3.63) is 65.2 Å². The summed E-state index contributed by atoms with van der Waals surface area (Å²) in [6.07, 6.45) is 5.59. The summed E-state index contributed by atoms with van der Waals surface area (Å²) in [6.45, 7) is 2.07. The molecule has 34 heavy (non-hydrogen) atoms. The molecule has 0 bridgehead atoms. The molecule has 1 saturated carbocycles. The number of halogens is 1. The van der Waals surface area contributed by atoms with Gasteiger partial charge in [-0.3, -0.25) is 9.59 Å². The van der Waals surface area contributed by atoms with Crippen LogP contribution in [-0.2, 0) is 4.79 Å². The van der Waals surface area contributed by atoms with Crippen molar-refractivity contribution >= 4 is 28.5 Å². The Kier molecular flexibility index (Phi) is 7.20. The maximum absolute atomic E-state index is 14.5. The van der Waals surface area contributed by atoms with E-state index in [4.69, 9.17) is 9.52 Å². The summed E-state index contributed by atoms with van der Waals surface area (Å²) >= 11 is 0. The number of anilines is 1. The summed E-state index contributed by atoms with van der Waals surface area (Å²) in [4.78, 5) is 24.8. The maximum atomic E-state index is 14.5. The molecule has 2 aromatic carbocycles. The number of hydrogen-bond donors (Lipinski definition) is 2. The van der Waals surface area contributed by atoms with Crippen molar-refractivity contribution in [1.29, 1.82) is 0 Å². The zero-order chi connectivity index (χ0) is 24.2. The van der Waals surface area contributed by atoms with Gasteiger partial charge >= 0.3 is 5.97 Å². The molecule has 4 rings (SSSR count). The van der Waals surface area contributed by atoms with Crippen LogP contribution < -0.4 is 5.32 Å². The molecule has 1 aliphatic rings. The summed E-state index contributed by atoms with van der Waals surface area (Å²) < 4.78 is 20.7. The second kappa shape index (κ2) is 10.3. The van der Waals surface area contributed by atoms with Gasteiger partial charge in [-0.2, -0.15) is 0 Å². The zero-order valence-electron chi connectivity index (χ0n) is 19.6. The van der Waals surface area contributed by atoms with Crippen molar-refractivity contribution in [2.45, 2.75) is 51.5 Å². The summed E-state index contributed by atoms with van der Waals surface area (Å²) in [6, 6.07) is 12.0. The van der Waals surface area contributed by atoms with Crippen molar-refractivity contribution in [2.75, 3.05) is 18.9 Å². The first-order valence-corrected chi connectivity index (χ1v) is 11.9. The molecule has 2 N–H and O–H groups in total. The number of benzene rings is 2. The average Bonchev–Trinajstić information content (AvgIpc) is 3.18. The fourth-order valence-corrected chi connectivity index (χ4v) is 4.91. The third-order valence-electron chi connectivity index (χ3n) is 6.81. The molecule has 0 aliphatic heterocycles. The first kappa shape index (κ1) is 23.8. The van der Waals surface area contributed by atoms with Gasteiger partial charge in [-0.15, -0.1) is 0 Å². The number of carbonyl (C=O) groups is 2. The van der Waals surface area contributed by atoms with E-state index < -0.39 is 5.97 Å². The number of carbonyl (C=O) groups excluding carboxylic acids is 1. The van der Waals surface area contributed by atoms with Crippen LogP contribution in [0.2, 0.25) is 0 Å². The molecule has 1 aromatic heterocycles. The van der Waals surface area contributed by atoms with Gasteiger partial charge in [0.2, 0.25) is 0 Å². The number of carboxylic acids is 1. The van der Waals surface area contributed by atoms with Gasteiger partial charge in [-0.1, -0.05) is 25.3 Å². The molecule has 0 saturated heterocycles. The highest BCUT2D eigenvalue weighted by molar-refractivity contribution is 5.94.